The van der Waals surface area contributed by atoms with Crippen LogP contribution in [-0.2, 0) is 32.3 Å². The Morgan fingerprint density at radius 3 is 1.22 bits per heavy atom. The fourth-order valence-corrected chi connectivity index (χ4v) is 3.20. The zero-order chi connectivity index (χ0) is 23.7. The summed E-state index contributed by atoms with van der Waals surface area (Å²) in [6.45, 7) is 2.33. The molecule has 32 heavy (non-hydrogen) atoms. The van der Waals surface area contributed by atoms with Crippen molar-refractivity contribution in [1.29, 1.82) is 0 Å². The van der Waals surface area contributed by atoms with E-state index in [0.717, 1.165) is 11.1 Å². The molecule has 0 saturated heterocycles. The van der Waals surface area contributed by atoms with Gasteiger partial charge in [0.25, 0.3) is 0 Å². The Kier molecular flexibility index (Phi) is 10.1. The zero-order valence-electron chi connectivity index (χ0n) is 18.1. The molecule has 0 aliphatic carbocycles. The molecule has 174 valence electrons. The van der Waals surface area contributed by atoms with Crippen molar-refractivity contribution in [2.75, 3.05) is 0 Å². The van der Waals surface area contributed by atoms with Gasteiger partial charge in [0, 0.05) is 0 Å². The van der Waals surface area contributed by atoms with Crippen LogP contribution in [0.1, 0.15) is 25.0 Å². The summed E-state index contributed by atoms with van der Waals surface area (Å²) in [5.41, 5.74) is 1.49. The van der Waals surface area contributed by atoms with Crippen LogP contribution >= 0.6 is 0 Å². The number of hydrogen-bond acceptors (Lipinski definition) is 8. The van der Waals surface area contributed by atoms with E-state index in [9.17, 15) is 30.0 Å². The van der Waals surface area contributed by atoms with Gasteiger partial charge in [0.2, 0.25) is 0 Å². The van der Waals surface area contributed by atoms with Crippen LogP contribution in [0.3, 0.4) is 0 Å². The lowest BCUT2D eigenvalue weighted by atomic mass is 9.94. The summed E-state index contributed by atoms with van der Waals surface area (Å²) in [5, 5.41) is 41.8. The minimum Gasteiger partial charge on any atom is -0.387 e. The molecule has 2 rings (SSSR count). The second kappa shape index (κ2) is 12.5. The van der Waals surface area contributed by atoms with Crippen molar-refractivity contribution in [3.05, 3.63) is 71.8 Å². The lowest BCUT2D eigenvalue weighted by molar-refractivity contribution is -0.178. The Balaban J connectivity index is 2.03. The predicted octanol–water partition coefficient (Wildman–Crippen LogP) is 0.779. The molecule has 0 radical (unpaired) electrons. The van der Waals surface area contributed by atoms with Gasteiger partial charge >= 0.3 is 0 Å². The van der Waals surface area contributed by atoms with Crippen LogP contribution in [0, 0.1) is 0 Å². The predicted molar refractivity (Wildman–Crippen MR) is 115 cm³/mol. The molecule has 8 nitrogen and oxygen atoms in total. The highest BCUT2D eigenvalue weighted by Crippen LogP contribution is 2.18. The molecule has 0 heterocycles. The van der Waals surface area contributed by atoms with E-state index in [-0.39, 0.29) is 13.2 Å². The number of hydrogen-bond donors (Lipinski definition) is 4. The van der Waals surface area contributed by atoms with Gasteiger partial charge in [0.1, 0.15) is 36.6 Å². The van der Waals surface area contributed by atoms with Crippen LogP contribution in [0.5, 0.6) is 0 Å². The third-order valence-corrected chi connectivity index (χ3v) is 5.02. The first-order valence-electron chi connectivity index (χ1n) is 10.3. The Hall–Kier alpha value is -2.46. The Bertz CT molecular complexity index is 770. The molecule has 2 aromatic carbocycles. The number of benzene rings is 2. The van der Waals surface area contributed by atoms with Gasteiger partial charge in [-0.2, -0.15) is 0 Å². The first-order valence-corrected chi connectivity index (χ1v) is 10.3. The highest BCUT2D eigenvalue weighted by atomic mass is 16.5. The van der Waals surface area contributed by atoms with E-state index >= 15 is 0 Å². The number of carbonyl (C=O) groups excluding carboxylic acids is 2. The van der Waals surface area contributed by atoms with Crippen molar-refractivity contribution < 1.29 is 39.5 Å². The average Bonchev–Trinajstić information content (AvgIpc) is 2.79. The van der Waals surface area contributed by atoms with Gasteiger partial charge in [0.15, 0.2) is 11.6 Å². The second-order valence-electron chi connectivity index (χ2n) is 7.62. The topological polar surface area (TPSA) is 134 Å². The van der Waals surface area contributed by atoms with E-state index < -0.39 is 48.2 Å². The maximum absolute atomic E-state index is 12.0. The molecule has 6 atom stereocenters. The molecule has 0 aromatic heterocycles. The van der Waals surface area contributed by atoms with E-state index in [4.69, 9.17) is 9.47 Å². The number of Topliss-reactive ketones (excluding diaryl/α,β-unsaturated/α-hetero) is 2. The zero-order valence-corrected chi connectivity index (χ0v) is 18.1. The summed E-state index contributed by atoms with van der Waals surface area (Å²) in [7, 11) is 0. The summed E-state index contributed by atoms with van der Waals surface area (Å²) in [4.78, 5) is 24.0. The van der Waals surface area contributed by atoms with Crippen molar-refractivity contribution >= 4 is 11.6 Å². The van der Waals surface area contributed by atoms with Gasteiger partial charge < -0.3 is 29.9 Å². The van der Waals surface area contributed by atoms with Crippen LogP contribution < -0.4 is 0 Å². The molecule has 2 aromatic rings. The number of ketones is 2. The maximum atomic E-state index is 12.0. The van der Waals surface area contributed by atoms with Gasteiger partial charge in [-0.1, -0.05) is 60.7 Å². The molecule has 4 N–H and O–H groups in total. The van der Waals surface area contributed by atoms with Crippen molar-refractivity contribution in [3.8, 4) is 0 Å². The first kappa shape index (κ1) is 25.8. The highest BCUT2D eigenvalue weighted by Gasteiger charge is 2.41. The van der Waals surface area contributed by atoms with E-state index in [1.54, 1.807) is 48.5 Å². The van der Waals surface area contributed by atoms with E-state index in [1.165, 1.54) is 13.8 Å². The molecule has 0 aliphatic heterocycles. The Morgan fingerprint density at radius 1 is 0.625 bits per heavy atom. The summed E-state index contributed by atoms with van der Waals surface area (Å²) in [5.74, 6) is -1.14. The van der Waals surface area contributed by atoms with E-state index in [0.29, 0.717) is 0 Å². The van der Waals surface area contributed by atoms with Gasteiger partial charge in [-0.3, -0.25) is 9.59 Å². The largest absolute Gasteiger partial charge is 0.387 e. The molecule has 0 unspecified atom stereocenters. The van der Waals surface area contributed by atoms with Crippen LogP contribution in [0.2, 0.25) is 0 Å². The molecule has 0 amide bonds. The van der Waals surface area contributed by atoms with Crippen LogP contribution in [0.4, 0.5) is 0 Å². The normalized spacial score (nSPS) is 17.1. The van der Waals surface area contributed by atoms with Crippen molar-refractivity contribution in [1.82, 2.24) is 0 Å². The number of ether oxygens (including phenoxy) is 2. The summed E-state index contributed by atoms with van der Waals surface area (Å²) < 4.78 is 10.9. The number of aliphatic hydroxyl groups is 4. The van der Waals surface area contributed by atoms with Crippen molar-refractivity contribution in [2.24, 2.45) is 0 Å². The molecule has 8 heteroatoms. The third-order valence-electron chi connectivity index (χ3n) is 5.02. The number of aliphatic hydroxyl groups excluding tert-OH is 4. The number of rotatable bonds is 13. The van der Waals surface area contributed by atoms with Gasteiger partial charge in [-0.15, -0.1) is 0 Å². The molecular formula is C24H30O8. The smallest absolute Gasteiger partial charge is 0.161 e. The molecule has 0 fully saturated rings. The lowest BCUT2D eigenvalue weighted by Crippen LogP contribution is -2.55. The summed E-state index contributed by atoms with van der Waals surface area (Å²) in [6.07, 6.45) is -10.5. The van der Waals surface area contributed by atoms with E-state index in [2.05, 4.69) is 0 Å². The quantitative estimate of drug-likeness (QED) is 0.355. The van der Waals surface area contributed by atoms with E-state index in [1.807, 2.05) is 12.1 Å². The lowest BCUT2D eigenvalue weighted by Gasteiger charge is -2.32. The first-order chi connectivity index (χ1) is 15.2. The molecule has 0 saturated carbocycles. The van der Waals surface area contributed by atoms with Crippen LogP contribution in [0.15, 0.2) is 60.7 Å². The SMILES string of the molecule is CC(=O)[C@H](OCc1ccccc1)[C@@H](O)[C@@H](O)[C@H](O)[C@H](O)[C@@H](OCc1ccccc1)C(C)=O. The van der Waals surface area contributed by atoms with Crippen LogP contribution in [0.25, 0.3) is 0 Å². The van der Waals surface area contributed by atoms with Crippen molar-refractivity contribution in [2.45, 2.75) is 63.7 Å². The van der Waals surface area contributed by atoms with Gasteiger partial charge in [-0.25, -0.2) is 0 Å². The fourth-order valence-electron chi connectivity index (χ4n) is 3.20. The molecule has 0 bridgehead atoms. The van der Waals surface area contributed by atoms with Crippen molar-refractivity contribution in [3.63, 3.8) is 0 Å². The Morgan fingerprint density at radius 2 is 0.938 bits per heavy atom. The molecular weight excluding hydrogens is 416 g/mol. The number of carbonyl (C=O) groups is 2. The maximum Gasteiger partial charge on any atom is 0.161 e. The fraction of sp³-hybridized carbons (Fsp3) is 0.417. The standard InChI is InChI=1S/C24H30O8/c1-15(25)23(31-13-17-9-5-3-6-10-17)21(29)19(27)20(28)22(30)24(16(2)26)32-14-18-11-7-4-8-12-18/h3-12,19-24,27-30H,13-14H2,1-2H3/t19-,20-,21-,22-,23-,24-/m0/s1. The van der Waals surface area contributed by atoms with Gasteiger partial charge in [0.05, 0.1) is 13.2 Å². The average molecular weight is 446 g/mol. The Labute approximate surface area is 187 Å². The minimum atomic E-state index is -1.98. The third kappa shape index (κ3) is 7.30. The monoisotopic (exact) mass is 446 g/mol. The minimum absolute atomic E-state index is 0.0101. The molecule has 0 aliphatic rings. The highest BCUT2D eigenvalue weighted by molar-refractivity contribution is 5.81. The van der Waals surface area contributed by atoms with Crippen LogP contribution in [-0.4, -0.2) is 68.6 Å². The van der Waals surface area contributed by atoms with Gasteiger partial charge in [-0.05, 0) is 25.0 Å². The summed E-state index contributed by atoms with van der Waals surface area (Å²) >= 11 is 0. The molecule has 0 spiro atoms. The second-order valence-corrected chi connectivity index (χ2v) is 7.62. The summed E-state index contributed by atoms with van der Waals surface area (Å²) in [6, 6.07) is 17.8.